The fourth-order valence-electron chi connectivity index (χ4n) is 2.12. The predicted octanol–water partition coefficient (Wildman–Crippen LogP) is 3.31. The largest absolute Gasteiger partial charge is 0.453 e. The molecule has 3 heteroatoms. The molecule has 0 bridgehead atoms. The normalized spacial score (nSPS) is 12.1. The SMILES string of the molecule is CC(=O)Oc1cccc2c1Oc1ccccc1C2. The molecule has 1 aliphatic rings. The van der Waals surface area contributed by atoms with E-state index in [0.717, 1.165) is 23.3 Å². The first kappa shape index (κ1) is 10.8. The van der Waals surface area contributed by atoms with Crippen molar-refractivity contribution in [2.45, 2.75) is 13.3 Å². The zero-order valence-corrected chi connectivity index (χ0v) is 9.97. The van der Waals surface area contributed by atoms with Gasteiger partial charge in [-0.15, -0.1) is 0 Å². The van der Waals surface area contributed by atoms with Gasteiger partial charge in [-0.2, -0.15) is 0 Å². The predicted molar refractivity (Wildman–Crippen MR) is 67.1 cm³/mol. The lowest BCUT2D eigenvalue weighted by molar-refractivity contribution is -0.132. The molecule has 1 aliphatic heterocycles. The molecule has 3 nitrogen and oxygen atoms in total. The van der Waals surface area contributed by atoms with Gasteiger partial charge in [0.05, 0.1) is 0 Å². The van der Waals surface area contributed by atoms with Crippen molar-refractivity contribution < 1.29 is 14.3 Å². The highest BCUT2D eigenvalue weighted by Crippen LogP contribution is 2.42. The van der Waals surface area contributed by atoms with E-state index in [9.17, 15) is 4.79 Å². The first-order valence-electron chi connectivity index (χ1n) is 5.80. The summed E-state index contributed by atoms with van der Waals surface area (Å²) >= 11 is 0. The molecule has 0 radical (unpaired) electrons. The molecule has 0 unspecified atom stereocenters. The van der Waals surface area contributed by atoms with Gasteiger partial charge in [0, 0.05) is 18.9 Å². The van der Waals surface area contributed by atoms with Crippen molar-refractivity contribution in [2.24, 2.45) is 0 Å². The zero-order chi connectivity index (χ0) is 12.5. The summed E-state index contributed by atoms with van der Waals surface area (Å²) in [7, 11) is 0. The number of carbonyl (C=O) groups excluding carboxylic acids is 1. The van der Waals surface area contributed by atoms with E-state index in [1.54, 1.807) is 6.07 Å². The number of esters is 1. The highest BCUT2D eigenvalue weighted by atomic mass is 16.6. The van der Waals surface area contributed by atoms with Crippen LogP contribution in [0, 0.1) is 0 Å². The Kier molecular flexibility index (Phi) is 2.52. The maximum absolute atomic E-state index is 11.1. The van der Waals surface area contributed by atoms with Gasteiger partial charge in [-0.3, -0.25) is 4.79 Å². The summed E-state index contributed by atoms with van der Waals surface area (Å²) in [6, 6.07) is 13.5. The maximum atomic E-state index is 11.1. The van der Waals surface area contributed by atoms with Crippen LogP contribution in [0.1, 0.15) is 18.1 Å². The molecule has 2 aromatic carbocycles. The van der Waals surface area contributed by atoms with Gasteiger partial charge < -0.3 is 9.47 Å². The molecule has 90 valence electrons. The standard InChI is InChI=1S/C15H12O3/c1-10(16)17-14-8-4-6-12-9-11-5-2-3-7-13(11)18-15(12)14/h2-8H,9H2,1H3. The monoisotopic (exact) mass is 240 g/mol. The Morgan fingerprint density at radius 1 is 1.11 bits per heavy atom. The van der Waals surface area contributed by atoms with Crippen LogP contribution in [0.2, 0.25) is 0 Å². The van der Waals surface area contributed by atoms with Crippen LogP contribution < -0.4 is 9.47 Å². The summed E-state index contributed by atoms with van der Waals surface area (Å²) in [5, 5.41) is 0. The van der Waals surface area contributed by atoms with Crippen molar-refractivity contribution in [3.8, 4) is 17.2 Å². The second kappa shape index (κ2) is 4.18. The minimum absolute atomic E-state index is 0.342. The van der Waals surface area contributed by atoms with Crippen LogP contribution in [0.3, 0.4) is 0 Å². The minimum atomic E-state index is -0.342. The third-order valence-electron chi connectivity index (χ3n) is 2.88. The van der Waals surface area contributed by atoms with Gasteiger partial charge in [0.15, 0.2) is 11.5 Å². The lowest BCUT2D eigenvalue weighted by Gasteiger charge is -2.21. The van der Waals surface area contributed by atoms with Crippen molar-refractivity contribution in [1.82, 2.24) is 0 Å². The summed E-state index contributed by atoms with van der Waals surface area (Å²) in [6.45, 7) is 1.39. The van der Waals surface area contributed by atoms with E-state index in [1.165, 1.54) is 6.92 Å². The fraction of sp³-hybridized carbons (Fsp3) is 0.133. The smallest absolute Gasteiger partial charge is 0.308 e. The Morgan fingerprint density at radius 3 is 2.72 bits per heavy atom. The first-order chi connectivity index (χ1) is 8.74. The molecule has 0 saturated carbocycles. The number of hydrogen-bond acceptors (Lipinski definition) is 3. The second-order valence-electron chi connectivity index (χ2n) is 4.22. The van der Waals surface area contributed by atoms with Gasteiger partial charge >= 0.3 is 5.97 Å². The number of ether oxygens (including phenoxy) is 2. The zero-order valence-electron chi connectivity index (χ0n) is 9.97. The molecule has 18 heavy (non-hydrogen) atoms. The summed E-state index contributed by atoms with van der Waals surface area (Å²) in [5.74, 6) is 1.61. The van der Waals surface area contributed by atoms with Crippen LogP contribution in [-0.4, -0.2) is 5.97 Å². The van der Waals surface area contributed by atoms with E-state index < -0.39 is 0 Å². The van der Waals surface area contributed by atoms with Gasteiger partial charge in [-0.25, -0.2) is 0 Å². The molecule has 0 saturated heterocycles. The van der Waals surface area contributed by atoms with E-state index in [-0.39, 0.29) is 5.97 Å². The molecule has 0 amide bonds. The molecule has 0 fully saturated rings. The summed E-state index contributed by atoms with van der Waals surface area (Å²) in [5.41, 5.74) is 2.18. The van der Waals surface area contributed by atoms with Crippen molar-refractivity contribution in [3.63, 3.8) is 0 Å². The molecule has 1 heterocycles. The summed E-state index contributed by atoms with van der Waals surface area (Å²) < 4.78 is 11.0. The fourth-order valence-corrected chi connectivity index (χ4v) is 2.12. The maximum Gasteiger partial charge on any atom is 0.308 e. The number of hydrogen-bond donors (Lipinski definition) is 0. The Labute approximate surface area is 105 Å². The van der Waals surface area contributed by atoms with Crippen molar-refractivity contribution >= 4 is 5.97 Å². The average molecular weight is 240 g/mol. The van der Waals surface area contributed by atoms with Crippen LogP contribution in [0.5, 0.6) is 17.2 Å². The Bertz CT molecular complexity index is 617. The highest BCUT2D eigenvalue weighted by molar-refractivity contribution is 5.71. The van der Waals surface area contributed by atoms with Crippen LogP contribution in [0.4, 0.5) is 0 Å². The Morgan fingerprint density at radius 2 is 1.89 bits per heavy atom. The van der Waals surface area contributed by atoms with Crippen LogP contribution >= 0.6 is 0 Å². The number of fused-ring (bicyclic) bond motifs is 2. The molecule has 2 aromatic rings. The molecule has 0 aliphatic carbocycles. The highest BCUT2D eigenvalue weighted by Gasteiger charge is 2.20. The third kappa shape index (κ3) is 1.84. The van der Waals surface area contributed by atoms with Gasteiger partial charge in [0.2, 0.25) is 0 Å². The molecule has 0 N–H and O–H groups in total. The van der Waals surface area contributed by atoms with E-state index in [2.05, 4.69) is 0 Å². The lowest BCUT2D eigenvalue weighted by Crippen LogP contribution is -2.07. The van der Waals surface area contributed by atoms with Crippen molar-refractivity contribution in [1.29, 1.82) is 0 Å². The van der Waals surface area contributed by atoms with Crippen LogP contribution in [0.25, 0.3) is 0 Å². The Hall–Kier alpha value is -2.29. The van der Waals surface area contributed by atoms with Gasteiger partial charge in [0.25, 0.3) is 0 Å². The summed E-state index contributed by atoms with van der Waals surface area (Å²) in [6.07, 6.45) is 0.792. The second-order valence-corrected chi connectivity index (χ2v) is 4.22. The van der Waals surface area contributed by atoms with Crippen molar-refractivity contribution in [2.75, 3.05) is 0 Å². The number of rotatable bonds is 1. The van der Waals surface area contributed by atoms with Crippen LogP contribution in [-0.2, 0) is 11.2 Å². The van der Waals surface area contributed by atoms with Crippen molar-refractivity contribution in [3.05, 3.63) is 53.6 Å². The number of carbonyl (C=O) groups is 1. The topological polar surface area (TPSA) is 35.5 Å². The van der Waals surface area contributed by atoms with E-state index >= 15 is 0 Å². The molecule has 0 aromatic heterocycles. The molecular formula is C15H12O3. The molecule has 3 rings (SSSR count). The van der Waals surface area contributed by atoms with E-state index in [0.29, 0.717) is 11.5 Å². The average Bonchev–Trinajstić information content (AvgIpc) is 2.36. The van der Waals surface area contributed by atoms with Crippen LogP contribution in [0.15, 0.2) is 42.5 Å². The minimum Gasteiger partial charge on any atom is -0.453 e. The summed E-state index contributed by atoms with van der Waals surface area (Å²) in [4.78, 5) is 11.1. The molecular weight excluding hydrogens is 228 g/mol. The third-order valence-corrected chi connectivity index (χ3v) is 2.88. The van der Waals surface area contributed by atoms with Gasteiger partial charge in [-0.1, -0.05) is 30.3 Å². The number of benzene rings is 2. The Balaban J connectivity index is 2.04. The first-order valence-corrected chi connectivity index (χ1v) is 5.80. The quantitative estimate of drug-likeness (QED) is 0.483. The van der Waals surface area contributed by atoms with Gasteiger partial charge in [0.1, 0.15) is 5.75 Å². The van der Waals surface area contributed by atoms with Gasteiger partial charge in [-0.05, 0) is 17.7 Å². The lowest BCUT2D eigenvalue weighted by atomic mass is 10.0. The molecule has 0 atom stereocenters. The number of para-hydroxylation sites is 2. The van der Waals surface area contributed by atoms with E-state index in [4.69, 9.17) is 9.47 Å². The van der Waals surface area contributed by atoms with E-state index in [1.807, 2.05) is 36.4 Å². The molecule has 0 spiro atoms.